The maximum Gasteiger partial charge on any atom is 0.311 e. The Bertz CT molecular complexity index is 2530. The van der Waals surface area contributed by atoms with Crippen LogP contribution >= 0.6 is 0 Å². The van der Waals surface area contributed by atoms with Gasteiger partial charge in [0.05, 0.1) is 24.0 Å². The minimum Gasteiger partial charge on any atom is -0.463 e. The fourth-order valence-electron chi connectivity index (χ4n) is 24.2. The molecule has 4 aliphatic rings. The standard InChI is InChI=1S/C130H250O15/c1-5-9-13-17-21-25-29-33-37-41-43-45-47-49-51-55-59-63-71-79-87-95-103-115(117(131)105-97-89-81-73-65-69-77-85-93-101-113-107-111(113)99-91-83-75-67-61-57-53-39-35-31-27-23-19-15-11-7-3)127(139)141-109-119-121(133)123(135)125(137)129(143-119)145-130-126(138)124(136)122(134)120(144-130)110-142-128(140)116(104-96-88-80-72-64-60-56-52-50-48-46-44-42-38-34-30-26-22-18-14-10-6-2)118(132)106-98-90-82-74-66-70-78-86-94-102-114-108-112(114)100-92-84-76-68-62-58-54-40-36-32-28-24-20-16-12-8-4/h111-126,129-138H,5-110H2,1-4H3. The molecular weight excluding hydrogens is 1800 g/mol. The van der Waals surface area contributed by atoms with Crippen molar-refractivity contribution in [3.05, 3.63) is 0 Å². The van der Waals surface area contributed by atoms with Crippen LogP contribution in [-0.2, 0) is 33.3 Å². The molecular formula is C130H250O15. The largest absolute Gasteiger partial charge is 0.463 e. The maximum absolute atomic E-state index is 14.3. The molecule has 860 valence electrons. The molecule has 15 nitrogen and oxygen atoms in total. The molecule has 8 N–H and O–H groups in total. The molecule has 2 heterocycles. The van der Waals surface area contributed by atoms with Crippen LogP contribution in [0.1, 0.15) is 695 Å². The molecule has 145 heavy (non-hydrogen) atoms. The van der Waals surface area contributed by atoms with Gasteiger partial charge >= 0.3 is 11.9 Å². The highest BCUT2D eigenvalue weighted by Gasteiger charge is 2.51. The number of rotatable bonds is 114. The molecule has 2 aliphatic heterocycles. The second-order valence-electron chi connectivity index (χ2n) is 48.4. The monoisotopic (exact) mass is 2050 g/mol. The Balaban J connectivity index is 1.21. The summed E-state index contributed by atoms with van der Waals surface area (Å²) in [6.45, 7) is 8.08. The van der Waals surface area contributed by atoms with Gasteiger partial charge in [-0.3, -0.25) is 9.59 Å². The average molecular weight is 2050 g/mol. The number of carbonyl (C=O) groups excluding carboxylic acids is 2. The van der Waals surface area contributed by atoms with Crippen molar-refractivity contribution in [2.45, 2.75) is 769 Å². The fourth-order valence-corrected chi connectivity index (χ4v) is 24.2. The Morgan fingerprint density at radius 3 is 0.531 bits per heavy atom. The third kappa shape index (κ3) is 75.9. The van der Waals surface area contributed by atoms with E-state index < -0.39 is 111 Å². The first-order chi connectivity index (χ1) is 71.3. The number of aliphatic hydroxyl groups is 8. The van der Waals surface area contributed by atoms with Gasteiger partial charge in [-0.2, -0.15) is 0 Å². The fraction of sp³-hybridized carbons (Fsp3) is 0.985. The van der Waals surface area contributed by atoms with Crippen molar-refractivity contribution in [1.29, 1.82) is 0 Å². The van der Waals surface area contributed by atoms with Crippen LogP contribution in [0.15, 0.2) is 0 Å². The predicted octanol–water partition coefficient (Wildman–Crippen LogP) is 36.8. The van der Waals surface area contributed by atoms with E-state index in [1.54, 1.807) is 0 Å². The highest BCUT2D eigenvalue weighted by atomic mass is 16.8. The van der Waals surface area contributed by atoms with E-state index in [-0.39, 0.29) is 0 Å². The summed E-state index contributed by atoms with van der Waals surface area (Å²) in [6, 6.07) is 0. The van der Waals surface area contributed by atoms with Gasteiger partial charge in [0.2, 0.25) is 0 Å². The summed E-state index contributed by atoms with van der Waals surface area (Å²) >= 11 is 0. The lowest BCUT2D eigenvalue weighted by Gasteiger charge is -2.44. The number of hydrogen-bond donors (Lipinski definition) is 8. The van der Waals surface area contributed by atoms with Gasteiger partial charge in [-0.1, -0.05) is 657 Å². The van der Waals surface area contributed by atoms with E-state index in [9.17, 15) is 50.4 Å². The van der Waals surface area contributed by atoms with Crippen LogP contribution in [0.3, 0.4) is 0 Å². The Morgan fingerprint density at radius 2 is 0.359 bits per heavy atom. The number of carbonyl (C=O) groups is 2. The summed E-state index contributed by atoms with van der Waals surface area (Å²) in [4.78, 5) is 28.7. The van der Waals surface area contributed by atoms with Gasteiger partial charge in [-0.05, 0) is 62.2 Å². The van der Waals surface area contributed by atoms with E-state index >= 15 is 0 Å². The molecule has 15 heteroatoms. The van der Waals surface area contributed by atoms with Gasteiger partial charge in [0.15, 0.2) is 12.6 Å². The van der Waals surface area contributed by atoms with Crippen molar-refractivity contribution >= 4 is 11.9 Å². The lowest BCUT2D eigenvalue weighted by molar-refractivity contribution is -0.376. The van der Waals surface area contributed by atoms with Crippen LogP contribution in [0.5, 0.6) is 0 Å². The van der Waals surface area contributed by atoms with Crippen LogP contribution in [0, 0.1) is 35.5 Å². The third-order valence-electron chi connectivity index (χ3n) is 34.8. The number of esters is 2. The normalized spacial score (nSPS) is 21.9. The van der Waals surface area contributed by atoms with E-state index in [4.69, 9.17) is 23.7 Å². The first kappa shape index (κ1) is 136. The summed E-state index contributed by atoms with van der Waals surface area (Å²) in [5.74, 6) is 1.05. The van der Waals surface area contributed by atoms with E-state index in [1.165, 1.54) is 539 Å². The zero-order valence-electron chi connectivity index (χ0n) is 96.8. The number of unbranched alkanes of at least 4 members (excludes halogenated alkanes) is 88. The lowest BCUT2D eigenvalue weighted by Crippen LogP contribution is -2.64. The van der Waals surface area contributed by atoms with E-state index in [0.717, 1.165) is 126 Å². The summed E-state index contributed by atoms with van der Waals surface area (Å²) in [7, 11) is 0. The molecule has 2 aliphatic carbocycles. The maximum atomic E-state index is 14.3. The van der Waals surface area contributed by atoms with Gasteiger partial charge in [-0.25, -0.2) is 0 Å². The van der Waals surface area contributed by atoms with Gasteiger partial charge in [0, 0.05) is 0 Å². The van der Waals surface area contributed by atoms with Crippen molar-refractivity contribution in [2.24, 2.45) is 35.5 Å². The second kappa shape index (κ2) is 99.3. The summed E-state index contributed by atoms with van der Waals surface area (Å²) in [6.07, 6.45) is 114. The molecule has 0 radical (unpaired) electrons. The molecule has 4 fully saturated rings. The average Bonchev–Trinajstić information content (AvgIpc) is 1.69. The zero-order valence-corrected chi connectivity index (χ0v) is 96.8. The smallest absolute Gasteiger partial charge is 0.311 e. The highest BCUT2D eigenvalue weighted by Crippen LogP contribution is 2.47. The molecule has 4 rings (SSSR count). The number of hydrogen-bond acceptors (Lipinski definition) is 15. The summed E-state index contributed by atoms with van der Waals surface area (Å²) < 4.78 is 29.9. The van der Waals surface area contributed by atoms with Gasteiger partial charge in [-0.15, -0.1) is 0 Å². The number of aliphatic hydroxyl groups excluding tert-OH is 8. The van der Waals surface area contributed by atoms with Crippen LogP contribution in [0.2, 0.25) is 0 Å². The molecule has 2 saturated heterocycles. The molecule has 18 atom stereocenters. The quantitative estimate of drug-likeness (QED) is 0.0209. The van der Waals surface area contributed by atoms with E-state index in [1.807, 2.05) is 0 Å². The third-order valence-corrected chi connectivity index (χ3v) is 34.8. The van der Waals surface area contributed by atoms with Crippen LogP contribution in [0.4, 0.5) is 0 Å². The Kier molecular flexibility index (Phi) is 93.0. The molecule has 0 bridgehead atoms. The van der Waals surface area contributed by atoms with Crippen LogP contribution in [0.25, 0.3) is 0 Å². The molecule has 18 unspecified atom stereocenters. The van der Waals surface area contributed by atoms with Crippen molar-refractivity contribution < 1.29 is 74.1 Å². The van der Waals surface area contributed by atoms with Crippen molar-refractivity contribution in [3.63, 3.8) is 0 Å². The Morgan fingerprint density at radius 1 is 0.207 bits per heavy atom. The summed E-state index contributed by atoms with van der Waals surface area (Å²) in [5.41, 5.74) is 0. The Hall–Kier alpha value is -1.50. The minimum atomic E-state index is -1.90. The minimum absolute atomic E-state index is 0.434. The Labute approximate surface area is 898 Å². The molecule has 0 spiro atoms. The van der Waals surface area contributed by atoms with Crippen LogP contribution < -0.4 is 0 Å². The predicted molar refractivity (Wildman–Crippen MR) is 612 cm³/mol. The molecule has 0 amide bonds. The topological polar surface area (TPSA) is 242 Å². The second-order valence-corrected chi connectivity index (χ2v) is 48.4. The summed E-state index contributed by atoms with van der Waals surface area (Å²) in [5, 5.41) is 91.9. The van der Waals surface area contributed by atoms with Crippen LogP contribution in [-0.4, -0.2) is 140 Å². The highest BCUT2D eigenvalue weighted by molar-refractivity contribution is 5.73. The SMILES string of the molecule is CCCCCCCCCCCCCCCCCCCCCCCCC(C(=O)OCC1OC(OC2OC(COC(=O)C(CCCCCCCCCCCCCCCCCCCCCCCC)C(O)CCCCCCCCCCCC3CC3CCCCCCCCCCCCCCCCCC)C(O)C(O)C2O)C(O)C(O)C1O)C(O)CCCCCCCCCCCC1CC1CCCCCCCCCCCCCCCCCC. The molecule has 0 aromatic rings. The van der Waals surface area contributed by atoms with Crippen molar-refractivity contribution in [1.82, 2.24) is 0 Å². The van der Waals surface area contributed by atoms with Gasteiger partial charge in [0.1, 0.15) is 62.0 Å². The van der Waals surface area contributed by atoms with Gasteiger partial charge < -0.3 is 64.5 Å². The van der Waals surface area contributed by atoms with Crippen molar-refractivity contribution in [2.75, 3.05) is 13.2 Å². The van der Waals surface area contributed by atoms with Crippen molar-refractivity contribution in [3.8, 4) is 0 Å². The zero-order chi connectivity index (χ0) is 104. The van der Waals surface area contributed by atoms with Gasteiger partial charge in [0.25, 0.3) is 0 Å². The number of ether oxygens (including phenoxy) is 5. The molecule has 2 saturated carbocycles. The first-order valence-corrected chi connectivity index (χ1v) is 66.0. The first-order valence-electron chi connectivity index (χ1n) is 66.0. The molecule has 0 aromatic carbocycles. The molecule has 0 aromatic heterocycles. The lowest BCUT2D eigenvalue weighted by atomic mass is 9.91. The van der Waals surface area contributed by atoms with E-state index in [0.29, 0.717) is 25.7 Å². The van der Waals surface area contributed by atoms with E-state index in [2.05, 4.69) is 27.7 Å².